The average molecular weight is 392 g/mol. The maximum Gasteiger partial charge on any atom is 0.147 e. The molecule has 2 rings (SSSR count). The molecule has 0 aliphatic carbocycles. The van der Waals surface area contributed by atoms with Crippen molar-refractivity contribution in [3.8, 4) is 11.5 Å². The molecule has 0 radical (unpaired) electrons. The van der Waals surface area contributed by atoms with E-state index in [2.05, 4.69) is 0 Å². The van der Waals surface area contributed by atoms with Crippen LogP contribution >= 0.6 is 11.8 Å². The number of phenols is 1. The van der Waals surface area contributed by atoms with Crippen LogP contribution in [0.5, 0.6) is 11.5 Å². The number of thioether (sulfide) groups is 1. The molecule has 148 valence electrons. The Morgan fingerprint density at radius 3 is 2.44 bits per heavy atom. The first-order valence-electron chi connectivity index (χ1n) is 9.17. The lowest BCUT2D eigenvalue weighted by Crippen LogP contribution is -2.21. The molecule has 2 aromatic rings. The SMILES string of the molecule is CCC(CO)SC(CCO)Oc1cc(O)cc(C)c1Cc1ccc(N)cc1. The summed E-state index contributed by atoms with van der Waals surface area (Å²) in [5.41, 5.74) is 9.19. The van der Waals surface area contributed by atoms with Crippen LogP contribution in [-0.4, -0.2) is 39.2 Å². The van der Waals surface area contributed by atoms with E-state index in [4.69, 9.17) is 10.5 Å². The largest absolute Gasteiger partial charge is 0.508 e. The molecular weight excluding hydrogens is 362 g/mol. The number of nitrogen functional groups attached to an aromatic ring is 1. The number of hydrogen-bond acceptors (Lipinski definition) is 6. The van der Waals surface area contributed by atoms with Crippen LogP contribution < -0.4 is 10.5 Å². The number of aryl methyl sites for hydroxylation is 1. The monoisotopic (exact) mass is 391 g/mol. The number of aliphatic hydroxyl groups is 2. The quantitative estimate of drug-likeness (QED) is 0.366. The fourth-order valence-electron chi connectivity index (χ4n) is 2.82. The first-order valence-corrected chi connectivity index (χ1v) is 10.1. The molecule has 0 aliphatic rings. The summed E-state index contributed by atoms with van der Waals surface area (Å²) in [7, 11) is 0. The van der Waals surface area contributed by atoms with Gasteiger partial charge < -0.3 is 25.8 Å². The minimum atomic E-state index is -0.307. The summed E-state index contributed by atoms with van der Waals surface area (Å²) in [5, 5.41) is 29.0. The molecule has 0 aliphatic heterocycles. The third-order valence-electron chi connectivity index (χ3n) is 4.40. The Balaban J connectivity index is 2.28. The number of aromatic hydroxyl groups is 1. The predicted molar refractivity (Wildman–Crippen MR) is 111 cm³/mol. The highest BCUT2D eigenvalue weighted by Crippen LogP contribution is 2.34. The number of nitrogens with two attached hydrogens (primary N) is 1. The minimum Gasteiger partial charge on any atom is -0.508 e. The number of ether oxygens (including phenoxy) is 1. The maximum absolute atomic E-state index is 10.0. The molecule has 0 spiro atoms. The van der Waals surface area contributed by atoms with E-state index in [9.17, 15) is 15.3 Å². The highest BCUT2D eigenvalue weighted by atomic mass is 32.2. The van der Waals surface area contributed by atoms with Gasteiger partial charge in [0.05, 0.1) is 6.61 Å². The molecule has 0 fully saturated rings. The third kappa shape index (κ3) is 6.34. The van der Waals surface area contributed by atoms with E-state index >= 15 is 0 Å². The van der Waals surface area contributed by atoms with Gasteiger partial charge >= 0.3 is 0 Å². The van der Waals surface area contributed by atoms with Gasteiger partial charge in [-0.3, -0.25) is 0 Å². The van der Waals surface area contributed by atoms with Crippen LogP contribution in [0.15, 0.2) is 36.4 Å². The summed E-state index contributed by atoms with van der Waals surface area (Å²) in [6.45, 7) is 4.00. The molecule has 0 aromatic heterocycles. The summed E-state index contributed by atoms with van der Waals surface area (Å²) in [6.07, 6.45) is 1.90. The topological polar surface area (TPSA) is 95.9 Å². The standard InChI is InChI=1S/C21H29NO4S/c1-3-18(13-24)27-21(8-9-23)26-20-12-17(25)10-14(2)19(20)11-15-4-6-16(22)7-5-15/h4-7,10,12,18,21,23-25H,3,8-9,11,13,22H2,1-2H3. The number of anilines is 1. The van der Waals surface area contributed by atoms with Crippen molar-refractivity contribution in [1.82, 2.24) is 0 Å². The van der Waals surface area contributed by atoms with Gasteiger partial charge in [-0.25, -0.2) is 0 Å². The predicted octanol–water partition coefficient (Wildman–Crippen LogP) is 3.47. The van der Waals surface area contributed by atoms with E-state index in [1.54, 1.807) is 12.1 Å². The summed E-state index contributed by atoms with van der Waals surface area (Å²) in [5.74, 6) is 0.744. The molecular formula is C21H29NO4S. The maximum atomic E-state index is 10.0. The summed E-state index contributed by atoms with van der Waals surface area (Å²) >= 11 is 1.51. The molecule has 0 heterocycles. The van der Waals surface area contributed by atoms with Crippen molar-refractivity contribution in [3.05, 3.63) is 53.1 Å². The van der Waals surface area contributed by atoms with Crippen molar-refractivity contribution in [1.29, 1.82) is 0 Å². The van der Waals surface area contributed by atoms with Gasteiger partial charge in [-0.1, -0.05) is 19.1 Å². The fraction of sp³-hybridized carbons (Fsp3) is 0.429. The van der Waals surface area contributed by atoms with Gasteiger partial charge in [0.25, 0.3) is 0 Å². The van der Waals surface area contributed by atoms with Gasteiger partial charge in [-0.05, 0) is 42.7 Å². The van der Waals surface area contributed by atoms with Crippen LogP contribution in [0.3, 0.4) is 0 Å². The van der Waals surface area contributed by atoms with Crippen molar-refractivity contribution in [2.24, 2.45) is 0 Å². The average Bonchev–Trinajstić information content (AvgIpc) is 2.64. The number of rotatable bonds is 10. The summed E-state index contributed by atoms with van der Waals surface area (Å²) in [6, 6.07) is 11.0. The highest BCUT2D eigenvalue weighted by molar-refractivity contribution is 8.00. The van der Waals surface area contributed by atoms with Gasteiger partial charge in [0.2, 0.25) is 0 Å². The fourth-order valence-corrected chi connectivity index (χ4v) is 3.93. The first-order chi connectivity index (χ1) is 13.0. The minimum absolute atomic E-state index is 0.00930. The van der Waals surface area contributed by atoms with Crippen LogP contribution in [0.2, 0.25) is 0 Å². The normalized spacial score (nSPS) is 13.3. The molecule has 0 amide bonds. The molecule has 0 saturated heterocycles. The number of phenolic OH excluding ortho intramolecular Hbond substituents is 1. The van der Waals surface area contributed by atoms with E-state index in [-0.39, 0.29) is 29.6 Å². The number of aliphatic hydroxyl groups excluding tert-OH is 2. The molecule has 27 heavy (non-hydrogen) atoms. The third-order valence-corrected chi connectivity index (χ3v) is 5.91. The zero-order chi connectivity index (χ0) is 19.8. The Hall–Kier alpha value is -1.89. The molecule has 2 aromatic carbocycles. The van der Waals surface area contributed by atoms with E-state index in [0.29, 0.717) is 24.3 Å². The zero-order valence-corrected chi connectivity index (χ0v) is 16.7. The van der Waals surface area contributed by atoms with Gasteiger partial charge in [0.15, 0.2) is 0 Å². The summed E-state index contributed by atoms with van der Waals surface area (Å²) < 4.78 is 6.18. The van der Waals surface area contributed by atoms with Gasteiger partial charge in [0.1, 0.15) is 16.9 Å². The molecule has 5 N–H and O–H groups in total. The lowest BCUT2D eigenvalue weighted by molar-refractivity contribution is 0.210. The Morgan fingerprint density at radius 2 is 1.85 bits per heavy atom. The smallest absolute Gasteiger partial charge is 0.147 e. The Morgan fingerprint density at radius 1 is 1.15 bits per heavy atom. The van der Waals surface area contributed by atoms with Crippen molar-refractivity contribution in [3.63, 3.8) is 0 Å². The molecule has 0 saturated carbocycles. The second-order valence-corrected chi connectivity index (χ2v) is 8.03. The Bertz CT molecular complexity index is 717. The van der Waals surface area contributed by atoms with Crippen LogP contribution in [-0.2, 0) is 6.42 Å². The van der Waals surface area contributed by atoms with Crippen molar-refractivity contribution < 1.29 is 20.1 Å². The molecule has 5 nitrogen and oxygen atoms in total. The van der Waals surface area contributed by atoms with Crippen LogP contribution in [0, 0.1) is 6.92 Å². The van der Waals surface area contributed by atoms with E-state index < -0.39 is 0 Å². The van der Waals surface area contributed by atoms with E-state index in [0.717, 1.165) is 23.1 Å². The van der Waals surface area contributed by atoms with Crippen LogP contribution in [0.1, 0.15) is 36.5 Å². The summed E-state index contributed by atoms with van der Waals surface area (Å²) in [4.78, 5) is 0. The Kier molecular flexibility index (Phi) is 8.28. The second-order valence-electron chi connectivity index (χ2n) is 6.57. The van der Waals surface area contributed by atoms with E-state index in [1.165, 1.54) is 11.8 Å². The highest BCUT2D eigenvalue weighted by Gasteiger charge is 2.20. The molecule has 2 atom stereocenters. The first kappa shape index (κ1) is 21.4. The Labute approximate surface area is 165 Å². The molecule has 6 heteroatoms. The van der Waals surface area contributed by atoms with Crippen molar-refractivity contribution in [2.45, 2.75) is 43.8 Å². The van der Waals surface area contributed by atoms with Crippen molar-refractivity contribution in [2.75, 3.05) is 18.9 Å². The second kappa shape index (κ2) is 10.4. The number of hydrogen-bond donors (Lipinski definition) is 4. The van der Waals surface area contributed by atoms with Crippen LogP contribution in [0.4, 0.5) is 5.69 Å². The van der Waals surface area contributed by atoms with Gasteiger partial charge in [0, 0.05) is 42.0 Å². The number of benzene rings is 2. The van der Waals surface area contributed by atoms with E-state index in [1.807, 2.05) is 38.1 Å². The van der Waals surface area contributed by atoms with Crippen LogP contribution in [0.25, 0.3) is 0 Å². The van der Waals surface area contributed by atoms with Gasteiger partial charge in [-0.15, -0.1) is 11.8 Å². The van der Waals surface area contributed by atoms with Gasteiger partial charge in [-0.2, -0.15) is 0 Å². The molecule has 2 unspecified atom stereocenters. The zero-order valence-electron chi connectivity index (χ0n) is 15.9. The molecule has 0 bridgehead atoms. The van der Waals surface area contributed by atoms with Crippen molar-refractivity contribution >= 4 is 17.4 Å². The lowest BCUT2D eigenvalue weighted by Gasteiger charge is -2.24. The lowest BCUT2D eigenvalue weighted by atomic mass is 9.99.